The van der Waals surface area contributed by atoms with Gasteiger partial charge in [-0.3, -0.25) is 10.1 Å². The van der Waals surface area contributed by atoms with Gasteiger partial charge in [0.1, 0.15) is 0 Å². The Bertz CT molecular complexity index is 889. The molecule has 0 unspecified atom stereocenters. The van der Waals surface area contributed by atoms with E-state index in [1.165, 1.54) is 33.5 Å². The molecule has 1 aromatic heterocycles. The molecule has 2 aromatic rings. The van der Waals surface area contributed by atoms with Crippen LogP contribution in [0, 0.1) is 6.92 Å². The van der Waals surface area contributed by atoms with Gasteiger partial charge in [0, 0.05) is 18.7 Å². The molecule has 7 nitrogen and oxygen atoms in total. The van der Waals surface area contributed by atoms with Crippen LogP contribution in [0.1, 0.15) is 28.8 Å². The van der Waals surface area contributed by atoms with Gasteiger partial charge in [0.25, 0.3) is 5.91 Å². The molecule has 1 aromatic carbocycles. The van der Waals surface area contributed by atoms with Crippen molar-refractivity contribution in [1.82, 2.24) is 14.5 Å². The van der Waals surface area contributed by atoms with Crippen molar-refractivity contribution in [3.63, 3.8) is 0 Å². The molecule has 0 radical (unpaired) electrons. The first-order chi connectivity index (χ1) is 11.9. The maximum Gasteiger partial charge on any atom is 0.257 e. The zero-order valence-corrected chi connectivity index (χ0v) is 16.3. The van der Waals surface area contributed by atoms with Gasteiger partial charge >= 0.3 is 0 Å². The second-order valence-corrected chi connectivity index (χ2v) is 9.59. The molecule has 1 N–H and O–H groups in total. The van der Waals surface area contributed by atoms with E-state index in [9.17, 15) is 13.2 Å². The number of sulfonamides is 1. The Labute approximate surface area is 154 Å². The molecule has 1 saturated heterocycles. The molecule has 0 bridgehead atoms. The molecule has 134 valence electrons. The van der Waals surface area contributed by atoms with Crippen LogP contribution in [0.5, 0.6) is 0 Å². The van der Waals surface area contributed by atoms with Crippen LogP contribution in [0.2, 0.25) is 0 Å². The Morgan fingerprint density at radius 3 is 2.64 bits per heavy atom. The molecule has 0 atom stereocenters. The first-order valence-corrected chi connectivity index (χ1v) is 11.2. The number of hydrogen-bond acceptors (Lipinski definition) is 7. The molecular formula is C15H18N4O3S3. The van der Waals surface area contributed by atoms with Crippen molar-refractivity contribution < 1.29 is 13.2 Å². The third kappa shape index (κ3) is 3.86. The minimum Gasteiger partial charge on any atom is -0.296 e. The predicted molar refractivity (Wildman–Crippen MR) is 98.8 cm³/mol. The highest BCUT2D eigenvalue weighted by Gasteiger charge is 2.28. The number of rotatable bonds is 5. The van der Waals surface area contributed by atoms with Gasteiger partial charge in [0.15, 0.2) is 4.34 Å². The number of nitrogens with zero attached hydrogens (tertiary/aromatic N) is 3. The van der Waals surface area contributed by atoms with Gasteiger partial charge in [-0.1, -0.05) is 29.2 Å². The summed E-state index contributed by atoms with van der Waals surface area (Å²) < 4.78 is 27.6. The molecule has 0 spiro atoms. The van der Waals surface area contributed by atoms with Crippen LogP contribution in [0.4, 0.5) is 5.13 Å². The van der Waals surface area contributed by atoms with Gasteiger partial charge in [-0.05, 0) is 43.7 Å². The van der Waals surface area contributed by atoms with Crippen LogP contribution >= 0.6 is 23.1 Å². The molecule has 1 amide bonds. The highest BCUT2D eigenvalue weighted by molar-refractivity contribution is 8.00. The highest BCUT2D eigenvalue weighted by atomic mass is 32.2. The van der Waals surface area contributed by atoms with Crippen LogP contribution in [0.3, 0.4) is 0 Å². The molecule has 0 saturated carbocycles. The molecule has 10 heteroatoms. The van der Waals surface area contributed by atoms with E-state index in [2.05, 4.69) is 15.5 Å². The van der Waals surface area contributed by atoms with E-state index in [1.54, 1.807) is 19.1 Å². The summed E-state index contributed by atoms with van der Waals surface area (Å²) in [4.78, 5) is 12.7. The number of aromatic nitrogens is 2. The fourth-order valence-corrected chi connectivity index (χ4v) is 5.30. The maximum absolute atomic E-state index is 12.7. The quantitative estimate of drug-likeness (QED) is 0.615. The largest absolute Gasteiger partial charge is 0.296 e. The van der Waals surface area contributed by atoms with Gasteiger partial charge < -0.3 is 0 Å². The lowest BCUT2D eigenvalue weighted by atomic mass is 10.1. The van der Waals surface area contributed by atoms with Crippen molar-refractivity contribution in [2.45, 2.75) is 29.0 Å². The van der Waals surface area contributed by atoms with Crippen molar-refractivity contribution in [2.75, 3.05) is 24.7 Å². The van der Waals surface area contributed by atoms with Crippen LogP contribution in [0.15, 0.2) is 27.4 Å². The fraction of sp³-hybridized carbons (Fsp3) is 0.400. The van der Waals surface area contributed by atoms with Crippen molar-refractivity contribution in [3.05, 3.63) is 29.3 Å². The molecular weight excluding hydrogens is 380 g/mol. The smallest absolute Gasteiger partial charge is 0.257 e. The minimum atomic E-state index is -3.56. The summed E-state index contributed by atoms with van der Waals surface area (Å²) >= 11 is 2.72. The van der Waals surface area contributed by atoms with Crippen LogP contribution in [0.25, 0.3) is 0 Å². The highest BCUT2D eigenvalue weighted by Crippen LogP contribution is 2.26. The Morgan fingerprint density at radius 1 is 1.28 bits per heavy atom. The number of thioether (sulfide) groups is 1. The first kappa shape index (κ1) is 18.3. The van der Waals surface area contributed by atoms with E-state index in [0.29, 0.717) is 29.3 Å². The summed E-state index contributed by atoms with van der Waals surface area (Å²) in [7, 11) is -3.56. The second kappa shape index (κ2) is 7.40. The van der Waals surface area contributed by atoms with Crippen LogP contribution in [-0.2, 0) is 10.0 Å². The average molecular weight is 399 g/mol. The van der Waals surface area contributed by atoms with Gasteiger partial charge in [-0.25, -0.2) is 8.42 Å². The van der Waals surface area contributed by atoms with E-state index in [-0.39, 0.29) is 10.8 Å². The first-order valence-electron chi connectivity index (χ1n) is 7.71. The number of benzene rings is 1. The third-order valence-electron chi connectivity index (χ3n) is 3.96. The Balaban J connectivity index is 1.87. The predicted octanol–water partition coefficient (Wildman–Crippen LogP) is 2.61. The molecule has 1 aliphatic rings. The number of anilines is 1. The topological polar surface area (TPSA) is 92.3 Å². The van der Waals surface area contributed by atoms with E-state index in [4.69, 9.17) is 0 Å². The number of hydrogen-bond donors (Lipinski definition) is 1. The number of amides is 1. The monoisotopic (exact) mass is 398 g/mol. The zero-order valence-electron chi connectivity index (χ0n) is 13.9. The summed E-state index contributed by atoms with van der Waals surface area (Å²) in [6.07, 6.45) is 3.61. The number of carbonyl (C=O) groups is 1. The fourth-order valence-electron chi connectivity index (χ4n) is 2.59. The van der Waals surface area contributed by atoms with Gasteiger partial charge in [-0.2, -0.15) is 4.31 Å². The molecule has 0 aliphatic carbocycles. The Hall–Kier alpha value is -1.49. The second-order valence-electron chi connectivity index (χ2n) is 5.62. The lowest BCUT2D eigenvalue weighted by molar-refractivity contribution is 0.102. The van der Waals surface area contributed by atoms with Gasteiger partial charge in [-0.15, -0.1) is 10.2 Å². The Kier molecular flexibility index (Phi) is 5.42. The van der Waals surface area contributed by atoms with E-state index in [1.807, 2.05) is 6.26 Å². The summed E-state index contributed by atoms with van der Waals surface area (Å²) in [5, 5.41) is 10.9. The Morgan fingerprint density at radius 2 is 2.00 bits per heavy atom. The SMILES string of the molecule is CSc1nnc(NC(=O)c2cc(S(=O)(=O)N3CCCC3)ccc2C)s1. The lowest BCUT2D eigenvalue weighted by Gasteiger charge is -2.16. The summed E-state index contributed by atoms with van der Waals surface area (Å²) in [5.74, 6) is -0.389. The van der Waals surface area contributed by atoms with Crippen LogP contribution in [-0.4, -0.2) is 48.2 Å². The number of carbonyl (C=O) groups excluding carboxylic acids is 1. The summed E-state index contributed by atoms with van der Waals surface area (Å²) in [5.41, 5.74) is 1.02. The molecule has 3 rings (SSSR count). The van der Waals surface area contributed by atoms with E-state index in [0.717, 1.165) is 17.2 Å². The standard InChI is InChI=1S/C15H18N4O3S3/c1-10-5-6-11(25(21,22)19-7-3-4-8-19)9-12(10)13(20)16-14-17-18-15(23-2)24-14/h5-6,9H,3-4,7-8H2,1-2H3,(H,16,17,20). The summed E-state index contributed by atoms with van der Waals surface area (Å²) in [6, 6.07) is 4.65. The number of nitrogens with one attached hydrogen (secondary N) is 1. The zero-order chi connectivity index (χ0) is 18.0. The van der Waals surface area contributed by atoms with Gasteiger partial charge in [0.05, 0.1) is 4.90 Å². The van der Waals surface area contributed by atoms with Crippen molar-refractivity contribution in [2.24, 2.45) is 0 Å². The van der Waals surface area contributed by atoms with Crippen molar-refractivity contribution in [1.29, 1.82) is 0 Å². The van der Waals surface area contributed by atoms with Gasteiger partial charge in [0.2, 0.25) is 15.2 Å². The molecule has 2 heterocycles. The average Bonchev–Trinajstić information content (AvgIpc) is 3.26. The molecule has 25 heavy (non-hydrogen) atoms. The van der Waals surface area contributed by atoms with Crippen LogP contribution < -0.4 is 5.32 Å². The molecule has 1 fully saturated rings. The normalized spacial score (nSPS) is 15.4. The number of aryl methyl sites for hydroxylation is 1. The third-order valence-corrected chi connectivity index (χ3v) is 7.67. The van der Waals surface area contributed by atoms with E-state index >= 15 is 0 Å². The molecule has 1 aliphatic heterocycles. The maximum atomic E-state index is 12.7. The summed E-state index contributed by atoms with van der Waals surface area (Å²) in [6.45, 7) is 2.83. The lowest BCUT2D eigenvalue weighted by Crippen LogP contribution is -2.28. The van der Waals surface area contributed by atoms with Crippen molar-refractivity contribution >= 4 is 44.2 Å². The van der Waals surface area contributed by atoms with Crippen molar-refractivity contribution in [3.8, 4) is 0 Å². The minimum absolute atomic E-state index is 0.146. The van der Waals surface area contributed by atoms with E-state index < -0.39 is 10.0 Å².